The second-order valence-corrected chi connectivity index (χ2v) is 6.76. The number of non-ortho nitro benzene ring substituents is 1. The summed E-state index contributed by atoms with van der Waals surface area (Å²) >= 11 is 5.37. The van der Waals surface area contributed by atoms with Gasteiger partial charge in [-0.15, -0.1) is 0 Å². The lowest BCUT2D eigenvalue weighted by molar-refractivity contribution is -0.384. The van der Waals surface area contributed by atoms with Crippen molar-refractivity contribution < 1.29 is 14.5 Å². The lowest BCUT2D eigenvalue weighted by atomic mass is 10.2. The molecule has 0 spiro atoms. The molecule has 2 heterocycles. The Kier molecular flexibility index (Phi) is 5.03. The van der Waals surface area contributed by atoms with E-state index in [1.54, 1.807) is 36.4 Å². The van der Waals surface area contributed by atoms with Gasteiger partial charge >= 0.3 is 0 Å². The topological polar surface area (TPSA) is 89.6 Å². The molecule has 150 valence electrons. The molecule has 1 aliphatic rings. The zero-order chi connectivity index (χ0) is 21.3. The van der Waals surface area contributed by atoms with E-state index >= 15 is 0 Å². The van der Waals surface area contributed by atoms with E-state index in [1.165, 1.54) is 24.1 Å². The van der Waals surface area contributed by atoms with Crippen LogP contribution < -0.4 is 15.0 Å². The number of anilines is 1. The second kappa shape index (κ2) is 7.80. The van der Waals surface area contributed by atoms with Gasteiger partial charge in [-0.1, -0.05) is 12.1 Å². The minimum Gasteiger partial charge on any atom is -0.495 e. The Morgan fingerprint density at radius 2 is 1.83 bits per heavy atom. The van der Waals surface area contributed by atoms with Gasteiger partial charge in [0.2, 0.25) is 0 Å². The lowest BCUT2D eigenvalue weighted by Crippen LogP contribution is -2.30. The third kappa shape index (κ3) is 3.42. The van der Waals surface area contributed by atoms with Gasteiger partial charge in [0, 0.05) is 29.7 Å². The first-order chi connectivity index (χ1) is 14.5. The van der Waals surface area contributed by atoms with Crippen LogP contribution in [-0.2, 0) is 4.79 Å². The van der Waals surface area contributed by atoms with Gasteiger partial charge < -0.3 is 14.6 Å². The fraction of sp³-hybridized carbons (Fsp3) is 0.0476. The number of benzene rings is 2. The van der Waals surface area contributed by atoms with Crippen molar-refractivity contribution in [2.75, 3.05) is 12.0 Å². The largest absolute Gasteiger partial charge is 0.495 e. The number of carbonyl (C=O) groups excluding carboxylic acids is 1. The molecule has 30 heavy (non-hydrogen) atoms. The van der Waals surface area contributed by atoms with E-state index in [0.717, 1.165) is 5.69 Å². The van der Waals surface area contributed by atoms with Gasteiger partial charge in [-0.25, -0.2) is 4.90 Å². The summed E-state index contributed by atoms with van der Waals surface area (Å²) in [5, 5.41) is 14.1. The standard InChI is InChI=1S/C21H16N4O4S/c1-29-19-7-3-2-6-18(19)24-20(26)17(22-21(24)30)13-16-5-4-12-23(16)14-8-10-15(11-9-14)25(27)28/h2-13H,1H3,(H,22,30)/b17-13+. The molecule has 0 atom stereocenters. The Morgan fingerprint density at radius 1 is 1.10 bits per heavy atom. The molecule has 9 heteroatoms. The van der Waals surface area contributed by atoms with Crippen LogP contribution in [-0.4, -0.2) is 27.6 Å². The molecule has 1 fully saturated rings. The number of amides is 1. The number of nitro groups is 1. The predicted octanol–water partition coefficient (Wildman–Crippen LogP) is 3.66. The van der Waals surface area contributed by atoms with Crippen molar-refractivity contribution >= 4 is 40.7 Å². The fourth-order valence-corrected chi connectivity index (χ4v) is 3.49. The number of aromatic nitrogens is 1. The number of methoxy groups -OCH3 is 1. The van der Waals surface area contributed by atoms with Crippen LogP contribution >= 0.6 is 12.2 Å². The maximum Gasteiger partial charge on any atom is 0.281 e. The number of hydrogen-bond acceptors (Lipinski definition) is 5. The van der Waals surface area contributed by atoms with E-state index in [-0.39, 0.29) is 16.7 Å². The third-order valence-corrected chi connectivity index (χ3v) is 4.90. The Hall–Kier alpha value is -3.98. The number of hydrogen-bond donors (Lipinski definition) is 1. The minimum absolute atomic E-state index is 0.0104. The quantitative estimate of drug-likeness (QED) is 0.293. The number of nitro benzene ring substituents is 1. The summed E-state index contributed by atoms with van der Waals surface area (Å²) in [6, 6.07) is 16.9. The Labute approximate surface area is 177 Å². The third-order valence-electron chi connectivity index (χ3n) is 4.62. The molecule has 1 aromatic heterocycles. The average molecular weight is 420 g/mol. The number of ether oxygens (including phenoxy) is 1. The molecule has 4 rings (SSSR count). The van der Waals surface area contributed by atoms with E-state index in [1.807, 2.05) is 29.0 Å². The molecule has 1 saturated heterocycles. The van der Waals surface area contributed by atoms with Crippen molar-refractivity contribution in [3.8, 4) is 11.4 Å². The molecular weight excluding hydrogens is 404 g/mol. The number of carbonyl (C=O) groups is 1. The highest BCUT2D eigenvalue weighted by Gasteiger charge is 2.33. The molecule has 0 bridgehead atoms. The van der Waals surface area contributed by atoms with Crippen LogP contribution in [0, 0.1) is 10.1 Å². The highest BCUT2D eigenvalue weighted by molar-refractivity contribution is 7.80. The molecule has 1 aliphatic heterocycles. The van der Waals surface area contributed by atoms with Crippen molar-refractivity contribution in [2.45, 2.75) is 0 Å². The monoisotopic (exact) mass is 420 g/mol. The smallest absolute Gasteiger partial charge is 0.281 e. The van der Waals surface area contributed by atoms with Gasteiger partial charge in [0.15, 0.2) is 5.11 Å². The van der Waals surface area contributed by atoms with Crippen LogP contribution in [0.2, 0.25) is 0 Å². The summed E-state index contributed by atoms with van der Waals surface area (Å²) in [5.74, 6) is 0.228. The number of nitrogens with one attached hydrogen (secondary N) is 1. The maximum atomic E-state index is 13.0. The van der Waals surface area contributed by atoms with Gasteiger partial charge in [-0.2, -0.15) is 0 Å². The van der Waals surface area contributed by atoms with Crippen LogP contribution in [0.4, 0.5) is 11.4 Å². The first kappa shape index (κ1) is 19.3. The van der Waals surface area contributed by atoms with Gasteiger partial charge in [0.25, 0.3) is 11.6 Å². The number of para-hydroxylation sites is 2. The first-order valence-corrected chi connectivity index (χ1v) is 9.33. The number of rotatable bonds is 5. The molecule has 8 nitrogen and oxygen atoms in total. The van der Waals surface area contributed by atoms with Crippen LogP contribution in [0.5, 0.6) is 5.75 Å². The molecule has 2 aromatic carbocycles. The summed E-state index contributed by atoms with van der Waals surface area (Å²) in [7, 11) is 1.53. The van der Waals surface area contributed by atoms with Crippen LogP contribution in [0.15, 0.2) is 72.6 Å². The van der Waals surface area contributed by atoms with Crippen molar-refractivity contribution in [3.05, 3.63) is 88.4 Å². The molecule has 0 unspecified atom stereocenters. The number of nitrogens with zero attached hydrogens (tertiary/aromatic N) is 3. The van der Waals surface area contributed by atoms with Gasteiger partial charge in [-0.05, 0) is 54.7 Å². The van der Waals surface area contributed by atoms with E-state index in [4.69, 9.17) is 17.0 Å². The lowest BCUT2D eigenvalue weighted by Gasteiger charge is -2.17. The van der Waals surface area contributed by atoms with Crippen molar-refractivity contribution in [2.24, 2.45) is 0 Å². The SMILES string of the molecule is COc1ccccc1N1C(=O)/C(=C\c2cccn2-c2ccc([N+](=O)[O-])cc2)NC1=S. The molecule has 3 aromatic rings. The van der Waals surface area contributed by atoms with Crippen molar-refractivity contribution in [3.63, 3.8) is 0 Å². The molecule has 0 aliphatic carbocycles. The van der Waals surface area contributed by atoms with Crippen LogP contribution in [0.1, 0.15) is 5.69 Å². The van der Waals surface area contributed by atoms with Crippen LogP contribution in [0.3, 0.4) is 0 Å². The highest BCUT2D eigenvalue weighted by atomic mass is 32.1. The van der Waals surface area contributed by atoms with Crippen LogP contribution in [0.25, 0.3) is 11.8 Å². The van der Waals surface area contributed by atoms with E-state index in [9.17, 15) is 14.9 Å². The zero-order valence-corrected chi connectivity index (χ0v) is 16.6. The summed E-state index contributed by atoms with van der Waals surface area (Å²) in [4.78, 5) is 24.9. The van der Waals surface area contributed by atoms with Gasteiger partial charge in [-0.3, -0.25) is 14.9 Å². The van der Waals surface area contributed by atoms with Crippen molar-refractivity contribution in [1.29, 1.82) is 0 Å². The Balaban J connectivity index is 1.67. The maximum absolute atomic E-state index is 13.0. The number of thiocarbonyl (C=S) groups is 1. The Bertz CT molecular complexity index is 1180. The fourth-order valence-electron chi connectivity index (χ4n) is 3.20. The van der Waals surface area contributed by atoms with Gasteiger partial charge in [0.05, 0.1) is 17.7 Å². The molecule has 0 radical (unpaired) electrons. The average Bonchev–Trinajstić information content (AvgIpc) is 3.32. The van der Waals surface area contributed by atoms with Crippen molar-refractivity contribution in [1.82, 2.24) is 9.88 Å². The zero-order valence-electron chi connectivity index (χ0n) is 15.8. The normalized spacial score (nSPS) is 14.8. The van der Waals surface area contributed by atoms with E-state index in [0.29, 0.717) is 22.8 Å². The highest BCUT2D eigenvalue weighted by Crippen LogP contribution is 2.31. The minimum atomic E-state index is -0.448. The first-order valence-electron chi connectivity index (χ1n) is 8.92. The molecule has 1 N–H and O–H groups in total. The van der Waals surface area contributed by atoms with Gasteiger partial charge in [0.1, 0.15) is 11.4 Å². The molecule has 1 amide bonds. The van der Waals surface area contributed by atoms with E-state index < -0.39 is 4.92 Å². The second-order valence-electron chi connectivity index (χ2n) is 6.38. The summed E-state index contributed by atoms with van der Waals surface area (Å²) < 4.78 is 7.17. The Morgan fingerprint density at radius 3 is 2.53 bits per heavy atom. The molecular formula is C21H16N4O4S. The van der Waals surface area contributed by atoms with E-state index in [2.05, 4.69) is 5.32 Å². The summed E-state index contributed by atoms with van der Waals surface area (Å²) in [5.41, 5.74) is 2.32. The summed E-state index contributed by atoms with van der Waals surface area (Å²) in [6.07, 6.45) is 3.49. The molecule has 0 saturated carbocycles. The summed E-state index contributed by atoms with van der Waals surface area (Å²) in [6.45, 7) is 0. The predicted molar refractivity (Wildman–Crippen MR) is 117 cm³/mol.